The molecule has 0 bridgehead atoms. The minimum absolute atomic E-state index is 0.407. The molecule has 1 aliphatic heterocycles. The van der Waals surface area contributed by atoms with Crippen LogP contribution < -0.4 is 15.6 Å². The highest BCUT2D eigenvalue weighted by atomic mass is 35.5. The van der Waals surface area contributed by atoms with E-state index in [4.69, 9.17) is 23.8 Å². The van der Waals surface area contributed by atoms with Crippen LogP contribution >= 0.6 is 23.8 Å². The highest BCUT2D eigenvalue weighted by Crippen LogP contribution is 2.27. The molecule has 142 valence electrons. The number of halogens is 1. The van der Waals surface area contributed by atoms with Crippen molar-refractivity contribution in [2.75, 3.05) is 23.3 Å². The molecule has 0 spiro atoms. The van der Waals surface area contributed by atoms with E-state index in [1.165, 1.54) is 24.1 Å². The molecule has 4 nitrogen and oxygen atoms in total. The van der Waals surface area contributed by atoms with Gasteiger partial charge in [0.15, 0.2) is 5.11 Å². The lowest BCUT2D eigenvalue weighted by atomic mass is 9.99. The van der Waals surface area contributed by atoms with Crippen molar-refractivity contribution >= 4 is 46.5 Å². The van der Waals surface area contributed by atoms with Gasteiger partial charge in [0.25, 0.3) is 0 Å². The zero-order valence-electron chi connectivity index (χ0n) is 15.8. The van der Waals surface area contributed by atoms with Gasteiger partial charge in [-0.15, -0.1) is 0 Å². The third-order valence-electron chi connectivity index (χ3n) is 4.56. The van der Waals surface area contributed by atoms with Crippen LogP contribution in [0.25, 0.3) is 0 Å². The number of thiocarbonyl (C=S) groups is 1. The predicted octanol–water partition coefficient (Wildman–Crippen LogP) is 5.13. The lowest BCUT2D eigenvalue weighted by Gasteiger charge is -2.31. The number of hydrogen-bond donors (Lipinski definition) is 2. The fraction of sp³-hybridized carbons (Fsp3) is 0.333. The summed E-state index contributed by atoms with van der Waals surface area (Å²) in [7, 11) is 0. The number of hydrazone groups is 1. The molecule has 0 unspecified atom stereocenters. The van der Waals surface area contributed by atoms with Crippen molar-refractivity contribution in [2.24, 2.45) is 5.10 Å². The summed E-state index contributed by atoms with van der Waals surface area (Å²) in [4.78, 5) is 2.47. The molecule has 2 aromatic carbocycles. The van der Waals surface area contributed by atoms with Crippen molar-refractivity contribution in [3.8, 4) is 0 Å². The Balaban J connectivity index is 1.60. The van der Waals surface area contributed by atoms with Crippen LogP contribution in [0, 0.1) is 6.92 Å². The molecule has 27 heavy (non-hydrogen) atoms. The molecule has 1 aliphatic rings. The second-order valence-corrected chi connectivity index (χ2v) is 7.60. The Morgan fingerprint density at radius 2 is 2.15 bits per heavy atom. The molecular formula is C21H25ClN4S. The molecular weight excluding hydrogens is 376 g/mol. The Hall–Kier alpha value is -2.11. The van der Waals surface area contributed by atoms with Crippen LogP contribution in [0.5, 0.6) is 0 Å². The highest BCUT2D eigenvalue weighted by Gasteiger charge is 2.15. The van der Waals surface area contributed by atoms with Gasteiger partial charge in [0.05, 0.1) is 16.9 Å². The van der Waals surface area contributed by atoms with E-state index in [0.717, 1.165) is 36.3 Å². The number of benzene rings is 2. The number of rotatable bonds is 5. The Kier molecular flexibility index (Phi) is 6.69. The molecule has 0 aromatic heterocycles. The van der Waals surface area contributed by atoms with E-state index in [9.17, 15) is 0 Å². The minimum Gasteiger partial charge on any atom is -0.371 e. The molecule has 0 saturated heterocycles. The first-order valence-corrected chi connectivity index (χ1v) is 10.1. The number of aryl methyl sites for hydroxylation is 2. The minimum atomic E-state index is 0.407. The van der Waals surface area contributed by atoms with Gasteiger partial charge in [-0.05, 0) is 79.4 Å². The number of fused-ring (bicyclic) bond motifs is 1. The normalized spacial score (nSPS) is 13.5. The summed E-state index contributed by atoms with van der Waals surface area (Å²) in [6, 6.07) is 12.3. The van der Waals surface area contributed by atoms with E-state index in [-0.39, 0.29) is 0 Å². The maximum atomic E-state index is 6.21. The average Bonchev–Trinajstić information content (AvgIpc) is 2.64. The first-order valence-electron chi connectivity index (χ1n) is 9.31. The van der Waals surface area contributed by atoms with Gasteiger partial charge in [-0.1, -0.05) is 30.7 Å². The lowest BCUT2D eigenvalue weighted by molar-refractivity contribution is 0.681. The Morgan fingerprint density at radius 3 is 2.93 bits per heavy atom. The maximum absolute atomic E-state index is 6.21. The van der Waals surface area contributed by atoms with Gasteiger partial charge in [0.2, 0.25) is 0 Å². The SMILES string of the molecule is CCCN1CCCc2cc(/C=N\NC(=S)Nc3ccc(C)cc3Cl)ccc21. The monoisotopic (exact) mass is 400 g/mol. The van der Waals surface area contributed by atoms with Crippen molar-refractivity contribution in [3.05, 3.63) is 58.1 Å². The molecule has 0 aliphatic carbocycles. The molecule has 3 rings (SSSR count). The van der Waals surface area contributed by atoms with Crippen molar-refractivity contribution in [3.63, 3.8) is 0 Å². The van der Waals surface area contributed by atoms with E-state index in [2.05, 4.69) is 45.9 Å². The Bertz CT molecular complexity index is 850. The van der Waals surface area contributed by atoms with Crippen molar-refractivity contribution in [1.29, 1.82) is 0 Å². The Labute approximate surface area is 171 Å². The predicted molar refractivity (Wildman–Crippen MR) is 120 cm³/mol. The topological polar surface area (TPSA) is 39.7 Å². The number of hydrogen-bond acceptors (Lipinski definition) is 3. The summed E-state index contributed by atoms with van der Waals surface area (Å²) in [6.45, 7) is 6.49. The largest absolute Gasteiger partial charge is 0.371 e. The molecule has 0 atom stereocenters. The molecule has 0 saturated carbocycles. The van der Waals surface area contributed by atoms with Gasteiger partial charge in [0, 0.05) is 18.8 Å². The first-order chi connectivity index (χ1) is 13.1. The molecule has 6 heteroatoms. The Morgan fingerprint density at radius 1 is 1.30 bits per heavy atom. The molecule has 1 heterocycles. The zero-order valence-corrected chi connectivity index (χ0v) is 17.3. The summed E-state index contributed by atoms with van der Waals surface area (Å²) in [5.74, 6) is 0. The van der Waals surface area contributed by atoms with E-state index in [1.54, 1.807) is 6.21 Å². The van der Waals surface area contributed by atoms with Crippen LogP contribution in [0.1, 0.15) is 36.5 Å². The summed E-state index contributed by atoms with van der Waals surface area (Å²) in [6.07, 6.45) is 5.29. The van der Waals surface area contributed by atoms with Crippen LogP contribution in [0.4, 0.5) is 11.4 Å². The van der Waals surface area contributed by atoms with Gasteiger partial charge < -0.3 is 10.2 Å². The second-order valence-electron chi connectivity index (χ2n) is 6.79. The number of nitrogens with zero attached hydrogens (tertiary/aromatic N) is 2. The third kappa shape index (κ3) is 5.21. The molecule has 0 amide bonds. The number of anilines is 2. The summed E-state index contributed by atoms with van der Waals surface area (Å²) < 4.78 is 0. The molecule has 0 fully saturated rings. The van der Waals surface area contributed by atoms with Crippen molar-refractivity contribution in [2.45, 2.75) is 33.1 Å². The van der Waals surface area contributed by atoms with Gasteiger partial charge in [0.1, 0.15) is 0 Å². The van der Waals surface area contributed by atoms with E-state index >= 15 is 0 Å². The van der Waals surface area contributed by atoms with Crippen molar-refractivity contribution < 1.29 is 0 Å². The van der Waals surface area contributed by atoms with E-state index in [1.807, 2.05) is 25.1 Å². The van der Waals surface area contributed by atoms with Gasteiger partial charge in [-0.25, -0.2) is 0 Å². The third-order valence-corrected chi connectivity index (χ3v) is 5.07. The second kappa shape index (κ2) is 9.20. The average molecular weight is 401 g/mol. The van der Waals surface area contributed by atoms with Crippen LogP contribution in [0.3, 0.4) is 0 Å². The van der Waals surface area contributed by atoms with Crippen LogP contribution in [0.15, 0.2) is 41.5 Å². The fourth-order valence-electron chi connectivity index (χ4n) is 3.31. The summed E-state index contributed by atoms with van der Waals surface area (Å²) in [5, 5.41) is 8.36. The van der Waals surface area contributed by atoms with E-state index < -0.39 is 0 Å². The number of nitrogens with one attached hydrogen (secondary N) is 2. The van der Waals surface area contributed by atoms with Crippen LogP contribution in [-0.2, 0) is 6.42 Å². The molecule has 0 radical (unpaired) electrons. The zero-order chi connectivity index (χ0) is 19.2. The van der Waals surface area contributed by atoms with E-state index in [0.29, 0.717) is 10.1 Å². The van der Waals surface area contributed by atoms with Gasteiger partial charge in [-0.3, -0.25) is 5.43 Å². The summed E-state index contributed by atoms with van der Waals surface area (Å²) >= 11 is 11.5. The van der Waals surface area contributed by atoms with Crippen LogP contribution in [-0.4, -0.2) is 24.4 Å². The first kappa shape index (κ1) is 19.6. The molecule has 2 N–H and O–H groups in total. The summed E-state index contributed by atoms with van der Waals surface area (Å²) in [5.41, 5.74) is 8.54. The highest BCUT2D eigenvalue weighted by molar-refractivity contribution is 7.80. The van der Waals surface area contributed by atoms with Gasteiger partial charge >= 0.3 is 0 Å². The van der Waals surface area contributed by atoms with Crippen molar-refractivity contribution in [1.82, 2.24) is 5.43 Å². The standard InChI is InChI=1S/C21H25ClN4S/c1-3-10-26-11-4-5-17-13-16(7-9-20(17)26)14-23-25-21(27)24-19-8-6-15(2)12-18(19)22/h6-9,12-14H,3-5,10-11H2,1-2H3,(H2,24,25,27)/b23-14-. The fourth-order valence-corrected chi connectivity index (χ4v) is 3.76. The lowest BCUT2D eigenvalue weighted by Crippen LogP contribution is -2.30. The van der Waals surface area contributed by atoms with Gasteiger partial charge in [-0.2, -0.15) is 5.10 Å². The maximum Gasteiger partial charge on any atom is 0.191 e. The quantitative estimate of drug-likeness (QED) is 0.414. The molecule has 2 aromatic rings. The van der Waals surface area contributed by atoms with Crippen LogP contribution in [0.2, 0.25) is 5.02 Å². The smallest absolute Gasteiger partial charge is 0.191 e.